The van der Waals surface area contributed by atoms with Gasteiger partial charge in [0.05, 0.1) is 10.2 Å². The standard InChI is InChI=1S/C13H16BrFN2O2/c14-10-6-9(15)7-11(16)13(10)19-8-12(18)17-4-2-1-3-5-17/h6-7H,1-5,8,16H2. The lowest BCUT2D eigenvalue weighted by Gasteiger charge is -2.26. The van der Waals surface area contributed by atoms with Gasteiger partial charge < -0.3 is 15.4 Å². The van der Waals surface area contributed by atoms with Crippen molar-refractivity contribution in [3.63, 3.8) is 0 Å². The van der Waals surface area contributed by atoms with Gasteiger partial charge in [-0.2, -0.15) is 0 Å². The minimum absolute atomic E-state index is 0.0599. The second kappa shape index (κ2) is 6.23. The molecule has 1 heterocycles. The van der Waals surface area contributed by atoms with Crippen LogP contribution in [0.1, 0.15) is 19.3 Å². The lowest BCUT2D eigenvalue weighted by atomic mass is 10.1. The molecular weight excluding hydrogens is 315 g/mol. The van der Waals surface area contributed by atoms with Crippen molar-refractivity contribution in [3.05, 3.63) is 22.4 Å². The number of nitrogens with zero attached hydrogens (tertiary/aromatic N) is 1. The summed E-state index contributed by atoms with van der Waals surface area (Å²) >= 11 is 3.17. The first kappa shape index (κ1) is 14.1. The van der Waals surface area contributed by atoms with E-state index in [2.05, 4.69) is 15.9 Å². The zero-order valence-electron chi connectivity index (χ0n) is 10.5. The van der Waals surface area contributed by atoms with Gasteiger partial charge in [0.25, 0.3) is 5.91 Å². The quantitative estimate of drug-likeness (QED) is 0.866. The number of hydrogen-bond acceptors (Lipinski definition) is 3. The highest BCUT2D eigenvalue weighted by Gasteiger charge is 2.18. The van der Waals surface area contributed by atoms with E-state index in [1.54, 1.807) is 4.90 Å². The van der Waals surface area contributed by atoms with Gasteiger partial charge in [0, 0.05) is 19.2 Å². The minimum Gasteiger partial charge on any atom is -0.480 e. The molecule has 0 spiro atoms. The first-order chi connectivity index (χ1) is 9.08. The number of likely N-dealkylation sites (tertiary alicyclic amines) is 1. The Kier molecular flexibility index (Phi) is 4.63. The Labute approximate surface area is 119 Å². The average molecular weight is 331 g/mol. The van der Waals surface area contributed by atoms with Crippen LogP contribution in [-0.4, -0.2) is 30.5 Å². The van der Waals surface area contributed by atoms with Crippen LogP contribution in [-0.2, 0) is 4.79 Å². The summed E-state index contributed by atoms with van der Waals surface area (Å²) in [4.78, 5) is 13.7. The van der Waals surface area contributed by atoms with E-state index in [0.717, 1.165) is 25.9 Å². The number of ether oxygens (including phenoxy) is 1. The van der Waals surface area contributed by atoms with Gasteiger partial charge in [-0.15, -0.1) is 0 Å². The van der Waals surface area contributed by atoms with E-state index in [9.17, 15) is 9.18 Å². The molecule has 0 bridgehead atoms. The predicted octanol–water partition coefficient (Wildman–Crippen LogP) is 2.56. The molecule has 1 aliphatic rings. The van der Waals surface area contributed by atoms with Crippen LogP contribution in [0.5, 0.6) is 5.75 Å². The number of benzene rings is 1. The molecule has 2 rings (SSSR count). The summed E-state index contributed by atoms with van der Waals surface area (Å²) in [6.07, 6.45) is 3.24. The van der Waals surface area contributed by atoms with E-state index in [4.69, 9.17) is 10.5 Å². The second-order valence-corrected chi connectivity index (χ2v) is 5.39. The Bertz CT molecular complexity index is 453. The molecule has 6 heteroatoms. The number of carbonyl (C=O) groups excluding carboxylic acids is 1. The maximum Gasteiger partial charge on any atom is 0.260 e. The Hall–Kier alpha value is -1.30. The summed E-state index contributed by atoms with van der Waals surface area (Å²) in [6.45, 7) is 1.49. The van der Waals surface area contributed by atoms with Crippen molar-refractivity contribution in [1.82, 2.24) is 4.90 Å². The van der Waals surface area contributed by atoms with E-state index >= 15 is 0 Å². The van der Waals surface area contributed by atoms with Crippen molar-refractivity contribution < 1.29 is 13.9 Å². The van der Waals surface area contributed by atoms with Crippen molar-refractivity contribution in [2.45, 2.75) is 19.3 Å². The van der Waals surface area contributed by atoms with Gasteiger partial charge >= 0.3 is 0 Å². The molecule has 1 aliphatic heterocycles. The number of piperidine rings is 1. The molecule has 1 fully saturated rings. The fourth-order valence-corrected chi connectivity index (χ4v) is 2.66. The van der Waals surface area contributed by atoms with Gasteiger partial charge in [0.1, 0.15) is 5.82 Å². The maximum absolute atomic E-state index is 13.1. The van der Waals surface area contributed by atoms with Gasteiger partial charge in [-0.3, -0.25) is 4.79 Å². The van der Waals surface area contributed by atoms with Crippen LogP contribution in [0.25, 0.3) is 0 Å². The normalized spacial score (nSPS) is 15.4. The predicted molar refractivity (Wildman–Crippen MR) is 74.4 cm³/mol. The summed E-state index contributed by atoms with van der Waals surface area (Å²) in [6, 6.07) is 2.43. The Morgan fingerprint density at radius 3 is 2.68 bits per heavy atom. The van der Waals surface area contributed by atoms with Gasteiger partial charge in [0.15, 0.2) is 12.4 Å². The van der Waals surface area contributed by atoms with Crippen molar-refractivity contribution in [2.24, 2.45) is 0 Å². The molecule has 1 aromatic rings. The SMILES string of the molecule is Nc1cc(F)cc(Br)c1OCC(=O)N1CCCCC1. The van der Waals surface area contributed by atoms with Gasteiger partial charge in [-0.05, 0) is 41.3 Å². The summed E-state index contributed by atoms with van der Waals surface area (Å²) in [5.41, 5.74) is 5.85. The first-order valence-electron chi connectivity index (χ1n) is 6.23. The number of nitrogens with two attached hydrogens (primary N) is 1. The third kappa shape index (κ3) is 3.59. The molecule has 1 aromatic carbocycles. The molecule has 0 unspecified atom stereocenters. The largest absolute Gasteiger partial charge is 0.480 e. The van der Waals surface area contributed by atoms with Crippen molar-refractivity contribution >= 4 is 27.5 Å². The van der Waals surface area contributed by atoms with Crippen LogP contribution < -0.4 is 10.5 Å². The number of nitrogen functional groups attached to an aromatic ring is 1. The summed E-state index contributed by atoms with van der Waals surface area (Å²) < 4.78 is 18.9. The number of rotatable bonds is 3. The smallest absolute Gasteiger partial charge is 0.260 e. The molecule has 1 saturated heterocycles. The highest BCUT2D eigenvalue weighted by Crippen LogP contribution is 2.32. The van der Waals surface area contributed by atoms with Crippen LogP contribution in [0.4, 0.5) is 10.1 Å². The van der Waals surface area contributed by atoms with Gasteiger partial charge in [-0.25, -0.2) is 4.39 Å². The van der Waals surface area contributed by atoms with E-state index in [-0.39, 0.29) is 18.2 Å². The summed E-state index contributed by atoms with van der Waals surface area (Å²) in [5.74, 6) is -0.193. The van der Waals surface area contributed by atoms with Crippen LogP contribution in [0.3, 0.4) is 0 Å². The van der Waals surface area contributed by atoms with Gasteiger partial charge in [0.2, 0.25) is 0 Å². The molecule has 0 aliphatic carbocycles. The molecule has 0 atom stereocenters. The highest BCUT2D eigenvalue weighted by molar-refractivity contribution is 9.10. The Morgan fingerprint density at radius 1 is 1.37 bits per heavy atom. The zero-order chi connectivity index (χ0) is 13.8. The van der Waals surface area contributed by atoms with Crippen molar-refractivity contribution in [2.75, 3.05) is 25.4 Å². The van der Waals surface area contributed by atoms with Crippen LogP contribution in [0, 0.1) is 5.82 Å². The molecule has 0 aromatic heterocycles. The minimum atomic E-state index is -0.445. The number of amides is 1. The van der Waals surface area contributed by atoms with E-state index in [1.807, 2.05) is 0 Å². The second-order valence-electron chi connectivity index (χ2n) is 4.54. The van der Waals surface area contributed by atoms with Gasteiger partial charge in [-0.1, -0.05) is 0 Å². The monoisotopic (exact) mass is 330 g/mol. The molecule has 104 valence electrons. The molecule has 19 heavy (non-hydrogen) atoms. The summed E-state index contributed by atoms with van der Waals surface area (Å²) in [5, 5.41) is 0. The lowest BCUT2D eigenvalue weighted by Crippen LogP contribution is -2.38. The molecule has 2 N–H and O–H groups in total. The topological polar surface area (TPSA) is 55.6 Å². The number of hydrogen-bond donors (Lipinski definition) is 1. The van der Waals surface area contributed by atoms with E-state index in [1.165, 1.54) is 18.6 Å². The summed E-state index contributed by atoms with van der Waals surface area (Å²) in [7, 11) is 0. The van der Waals surface area contributed by atoms with E-state index in [0.29, 0.717) is 10.2 Å². The number of halogens is 2. The van der Waals surface area contributed by atoms with E-state index < -0.39 is 5.82 Å². The first-order valence-corrected chi connectivity index (χ1v) is 7.02. The lowest BCUT2D eigenvalue weighted by molar-refractivity contribution is -0.134. The number of carbonyl (C=O) groups is 1. The maximum atomic E-state index is 13.1. The number of anilines is 1. The molecule has 0 saturated carbocycles. The fourth-order valence-electron chi connectivity index (χ4n) is 2.10. The molecular formula is C13H16BrFN2O2. The molecule has 4 nitrogen and oxygen atoms in total. The van der Waals surface area contributed by atoms with Crippen molar-refractivity contribution in [1.29, 1.82) is 0 Å². The third-order valence-electron chi connectivity index (χ3n) is 3.09. The van der Waals surface area contributed by atoms with Crippen LogP contribution in [0.2, 0.25) is 0 Å². The van der Waals surface area contributed by atoms with Crippen molar-refractivity contribution in [3.8, 4) is 5.75 Å². The fraction of sp³-hybridized carbons (Fsp3) is 0.462. The third-order valence-corrected chi connectivity index (χ3v) is 3.67. The highest BCUT2D eigenvalue weighted by atomic mass is 79.9. The zero-order valence-corrected chi connectivity index (χ0v) is 12.1. The molecule has 1 amide bonds. The van der Waals surface area contributed by atoms with Crippen LogP contribution in [0.15, 0.2) is 16.6 Å². The Balaban J connectivity index is 1.96. The molecule has 0 radical (unpaired) electrons. The average Bonchev–Trinajstić information content (AvgIpc) is 2.38. The Morgan fingerprint density at radius 2 is 2.05 bits per heavy atom. The van der Waals surface area contributed by atoms with Crippen LogP contribution >= 0.6 is 15.9 Å².